The molecule has 6 saturated heterocycles. The van der Waals surface area contributed by atoms with E-state index in [-0.39, 0.29) is 18.7 Å². The second-order valence-corrected chi connectivity index (χ2v) is 36.0. The maximum Gasteiger partial charge on any atom is 0.364 e. The fourth-order valence-corrected chi connectivity index (χ4v) is 17.9. The van der Waals surface area contributed by atoms with Crippen molar-refractivity contribution in [3.8, 4) is 0 Å². The summed E-state index contributed by atoms with van der Waals surface area (Å²) >= 11 is 0. The molecule has 6 fully saturated rings. The largest absolute Gasteiger partial charge is 0.477 e. The van der Waals surface area contributed by atoms with Gasteiger partial charge in [0.2, 0.25) is 17.7 Å². The van der Waals surface area contributed by atoms with E-state index in [0.29, 0.717) is 12.8 Å². The van der Waals surface area contributed by atoms with Crippen LogP contribution in [0, 0.1) is 5.92 Å². The first-order valence-corrected chi connectivity index (χ1v) is 47.4. The van der Waals surface area contributed by atoms with Crippen molar-refractivity contribution < 1.29 is 193 Å². The van der Waals surface area contributed by atoms with Crippen molar-refractivity contribution in [1.82, 2.24) is 16.0 Å². The molecule has 42 nitrogen and oxygen atoms in total. The van der Waals surface area contributed by atoms with E-state index in [0.717, 1.165) is 111 Å². The second-order valence-electron chi connectivity index (χ2n) is 36.0. The van der Waals surface area contributed by atoms with Crippen molar-refractivity contribution in [3.05, 3.63) is 12.2 Å². The lowest BCUT2D eigenvalue weighted by Crippen LogP contribution is -2.71. The number of allylic oxidation sites excluding steroid dienone is 2. The number of nitrogens with one attached hydrogen (secondary N) is 3. The van der Waals surface area contributed by atoms with Crippen LogP contribution in [0.25, 0.3) is 0 Å². The minimum atomic E-state index is -3.48. The molecular weight excluding hydrogens is 1730 g/mol. The fourth-order valence-electron chi connectivity index (χ4n) is 17.9. The van der Waals surface area contributed by atoms with Crippen LogP contribution in [0.2, 0.25) is 0 Å². The second kappa shape index (κ2) is 59.7. The van der Waals surface area contributed by atoms with E-state index in [1.165, 1.54) is 89.9 Å². The van der Waals surface area contributed by atoms with E-state index in [2.05, 4.69) is 41.9 Å². The van der Waals surface area contributed by atoms with Crippen LogP contribution in [0.5, 0.6) is 0 Å². The highest BCUT2D eigenvalue weighted by molar-refractivity contribution is 5.78. The molecule has 0 aromatic carbocycles. The van der Waals surface area contributed by atoms with Gasteiger partial charge in [0.05, 0.1) is 88.8 Å². The Morgan fingerprint density at radius 3 is 1.21 bits per heavy atom. The molecule has 42 heteroatoms. The lowest BCUT2D eigenvalue weighted by atomic mass is 9.86. The molecule has 6 aliphatic heterocycles. The number of aliphatic carboxylic acids is 2. The molecule has 0 radical (unpaired) electrons. The van der Waals surface area contributed by atoms with Crippen molar-refractivity contribution in [2.45, 2.75) is 461 Å². The van der Waals surface area contributed by atoms with Gasteiger partial charge in [-0.25, -0.2) is 9.59 Å². The van der Waals surface area contributed by atoms with Gasteiger partial charge >= 0.3 is 11.9 Å². The number of aliphatic hydroxyl groups is 19. The topological polar surface area (TPSA) is 674 Å². The third kappa shape index (κ3) is 34.8. The Morgan fingerprint density at radius 1 is 0.412 bits per heavy atom. The smallest absolute Gasteiger partial charge is 0.364 e. The number of ether oxygens (including phenoxy) is 12. The van der Waals surface area contributed by atoms with Crippen molar-refractivity contribution in [3.63, 3.8) is 0 Å². The molecule has 2 unspecified atom stereocenters. The van der Waals surface area contributed by atoms with Crippen LogP contribution >= 0.6 is 0 Å². The van der Waals surface area contributed by atoms with Crippen LogP contribution in [-0.4, -0.2) is 390 Å². The van der Waals surface area contributed by atoms with E-state index in [1.807, 2.05) is 0 Å². The normalized spacial score (nSPS) is 34.4. The van der Waals surface area contributed by atoms with Crippen LogP contribution in [-0.2, 0) is 85.6 Å². The van der Waals surface area contributed by atoms with Crippen LogP contribution in [0.1, 0.15) is 259 Å². The molecule has 762 valence electrons. The van der Waals surface area contributed by atoms with Gasteiger partial charge in [0.1, 0.15) is 128 Å². The lowest BCUT2D eigenvalue weighted by molar-refractivity contribution is -0.408. The number of hydrogen-bond donors (Lipinski definition) is 24. The summed E-state index contributed by atoms with van der Waals surface area (Å²) in [6.45, 7) is -0.538. The zero-order valence-corrected chi connectivity index (χ0v) is 76.6. The maximum absolute atomic E-state index is 14.1. The van der Waals surface area contributed by atoms with Gasteiger partial charge in [-0.3, -0.25) is 14.4 Å². The molecule has 6 rings (SSSR count). The quantitative estimate of drug-likeness (QED) is 0.0251. The van der Waals surface area contributed by atoms with E-state index in [4.69, 9.17) is 56.8 Å². The van der Waals surface area contributed by atoms with Gasteiger partial charge in [-0.15, -0.1) is 0 Å². The summed E-state index contributed by atoms with van der Waals surface area (Å²) in [5.41, 5.74) is 0. The van der Waals surface area contributed by atoms with E-state index >= 15 is 0 Å². The molecule has 24 N–H and O–H groups in total. The number of rotatable bonds is 64. The Balaban J connectivity index is 1.27. The summed E-state index contributed by atoms with van der Waals surface area (Å²) in [5.74, 6) is -16.1. The van der Waals surface area contributed by atoms with Crippen molar-refractivity contribution in [2.24, 2.45) is 5.92 Å². The highest BCUT2D eigenvalue weighted by atomic mass is 16.8. The first-order valence-electron chi connectivity index (χ1n) is 47.4. The molecular formula is C89H157N3O39. The van der Waals surface area contributed by atoms with Crippen molar-refractivity contribution >= 4 is 35.4 Å². The van der Waals surface area contributed by atoms with Gasteiger partial charge in [0.15, 0.2) is 25.2 Å². The van der Waals surface area contributed by atoms with E-state index in [9.17, 15) is 136 Å². The number of carboxylic acid groups (broad SMARTS) is 2. The van der Waals surface area contributed by atoms with Gasteiger partial charge in [-0.2, -0.15) is 0 Å². The Morgan fingerprint density at radius 2 is 0.786 bits per heavy atom. The lowest BCUT2D eigenvalue weighted by Gasteiger charge is -2.53. The van der Waals surface area contributed by atoms with Crippen molar-refractivity contribution in [1.29, 1.82) is 0 Å². The van der Waals surface area contributed by atoms with Crippen LogP contribution in [0.3, 0.4) is 0 Å². The van der Waals surface area contributed by atoms with Crippen LogP contribution in [0.15, 0.2) is 12.2 Å². The van der Waals surface area contributed by atoms with E-state index in [1.54, 1.807) is 0 Å². The number of aliphatic hydroxyl groups excluding tert-OH is 19. The monoisotopic (exact) mass is 1890 g/mol. The summed E-state index contributed by atoms with van der Waals surface area (Å²) in [4.78, 5) is 79.9. The predicted octanol–water partition coefficient (Wildman–Crippen LogP) is -1.22. The molecule has 34 atom stereocenters. The van der Waals surface area contributed by atoms with Crippen LogP contribution < -0.4 is 16.0 Å². The summed E-state index contributed by atoms with van der Waals surface area (Å²) in [6, 6.07) is -4.69. The molecule has 6 aliphatic rings. The molecule has 6 heterocycles. The van der Waals surface area contributed by atoms with Gasteiger partial charge in [-0.05, 0) is 45.4 Å². The zero-order valence-electron chi connectivity index (χ0n) is 76.6. The summed E-state index contributed by atoms with van der Waals surface area (Å²) in [7, 11) is 0. The Labute approximate surface area is 766 Å². The molecule has 0 aliphatic carbocycles. The summed E-state index contributed by atoms with van der Waals surface area (Å²) in [5, 5.41) is 246. The first-order chi connectivity index (χ1) is 62.6. The SMILES string of the molecule is CCCCCCCC/C=C\CCCCCCCCCCCC(=O)N[C@@H](CO[C@@H]1O[C@H](CO)[C@@H](O[C@@H]2O[C@H](CO)[C@H](O[C@@H]3O[C@H](CO)[C@H](O)[C@H](O[C@@H]4O[C@H](CO)[C@H](O)[C@H](O[C@]5(C(=O)O)C[C@H](O)[C@@H](NC(C)=O)C([C@H](O)[C@H](O)CO)O5)[C@H]4O)[C@H]3CC(C)=O)[C@H](O[C@]3(C(=O)O)C[C@H](O)[C@@H](NC(C)=O)C([C@H](O)[C@H](O)CO)O3)[C@H]2O)[C@H](O)[C@H]1O)[C@H](O)CCCCCCCCCCCCCCC. The predicted molar refractivity (Wildman–Crippen MR) is 459 cm³/mol. The number of amides is 3. The van der Waals surface area contributed by atoms with Gasteiger partial charge in [-0.1, -0.05) is 187 Å². The number of carbonyl (C=O) groups excluding carboxylic acids is 4. The molecule has 3 amide bonds. The summed E-state index contributed by atoms with van der Waals surface area (Å²) in [6.07, 6.45) is -27.4. The standard InChI is InChI=1S/C89H157N3O39/c1-6-8-10-12-14-16-18-20-21-22-23-24-25-27-29-31-33-35-37-39-64(107)92-54(55(102)38-36-34-32-30-28-26-19-17-15-13-11-9-7-2)49-120-83-72(113)71(112)76(62(47-97)123-83)126-85-74(115)81(131-89(87(118)119)42-57(104)66(91-52(5)101)79(129-89)68(109)59(106)44-94)77(63(48-98)124-85)127-82-53(40-50(3)99)75(69(110)60(45-95)121-82)125-84-73(114)80(70(111)61(46-96)122-84)130-88(86(116)117)41-56(103)65(90-51(4)100)78(128-88)67(108)58(105)43-93/h20-21,53-63,65-85,93-98,102-106,108-115H,6-19,22-49H2,1-5H3,(H,90,100)(H,91,101)(H,92,107)(H,116,117)(H,118,119)/b21-20-/t53-,54+,55-,56+,57+,58-,59-,60-,61-,62-,63-,65-,66-,67-,68-,69+,70+,71-,72-,73-,74-,75-,76-,77+,78?,79?,80+,81-,82+,83-,84+,85+,88+,89+/m1/s1. The molecule has 0 aromatic heterocycles. The number of hydrogen-bond acceptors (Lipinski definition) is 37. The average Bonchev–Trinajstić information content (AvgIpc) is 0.752. The van der Waals surface area contributed by atoms with Crippen LogP contribution in [0.4, 0.5) is 0 Å². The van der Waals surface area contributed by atoms with Gasteiger partial charge in [0.25, 0.3) is 11.6 Å². The molecule has 131 heavy (non-hydrogen) atoms. The molecule has 0 aromatic rings. The minimum Gasteiger partial charge on any atom is -0.477 e. The molecule has 0 bridgehead atoms. The number of carboxylic acids is 2. The highest BCUT2D eigenvalue weighted by Crippen LogP contribution is 2.44. The zero-order chi connectivity index (χ0) is 96.7. The maximum atomic E-state index is 14.1. The third-order valence-corrected chi connectivity index (χ3v) is 25.4. The molecule has 0 spiro atoms. The Kier molecular flexibility index (Phi) is 52.5. The Bertz CT molecular complexity index is 3270. The van der Waals surface area contributed by atoms with E-state index < -0.39 is 302 Å². The van der Waals surface area contributed by atoms with Gasteiger partial charge in [0, 0.05) is 45.4 Å². The summed E-state index contributed by atoms with van der Waals surface area (Å²) < 4.78 is 72.9. The Hall–Kier alpha value is -4.48. The fraction of sp³-hybridized carbons (Fsp3) is 0.910. The number of carbonyl (C=O) groups is 6. The molecule has 0 saturated carbocycles. The number of ketones is 1. The number of Topliss-reactive ketones (excluding diaryl/α,β-unsaturated/α-hetero) is 1. The number of unbranched alkanes of at least 4 members (excludes halogenated alkanes) is 27. The highest BCUT2D eigenvalue weighted by Gasteiger charge is 2.64. The third-order valence-electron chi connectivity index (χ3n) is 25.4. The minimum absolute atomic E-state index is 0.116. The van der Waals surface area contributed by atoms with Gasteiger partial charge < -0.3 is 185 Å². The first kappa shape index (κ1) is 115. The van der Waals surface area contributed by atoms with Crippen molar-refractivity contribution in [2.75, 3.05) is 46.2 Å². The average molecular weight is 1890 g/mol.